The van der Waals surface area contributed by atoms with Crippen LogP contribution in [-0.4, -0.2) is 40.0 Å². The molecule has 4 heterocycles. The topological polar surface area (TPSA) is 49.6 Å². The molecule has 26 heavy (non-hydrogen) atoms. The number of piperidine rings is 1. The Kier molecular flexibility index (Phi) is 4.53. The molecule has 1 aromatic heterocycles. The summed E-state index contributed by atoms with van der Waals surface area (Å²) < 4.78 is 18.7. The Labute approximate surface area is 152 Å². The molecule has 5 nitrogen and oxygen atoms in total. The van der Waals surface area contributed by atoms with E-state index < -0.39 is 0 Å². The molecule has 3 saturated heterocycles. The predicted molar refractivity (Wildman–Crippen MR) is 94.7 cm³/mol. The second-order valence-corrected chi connectivity index (χ2v) is 7.52. The third-order valence-electron chi connectivity index (χ3n) is 5.67. The third-order valence-corrected chi connectivity index (χ3v) is 5.67. The van der Waals surface area contributed by atoms with E-state index in [0.29, 0.717) is 13.1 Å². The average molecular weight is 357 g/mol. The molecule has 1 amide bonds. The van der Waals surface area contributed by atoms with Gasteiger partial charge in [-0.05, 0) is 44.4 Å². The molecule has 0 spiro atoms. The fourth-order valence-corrected chi connectivity index (χ4v) is 4.26. The van der Waals surface area contributed by atoms with E-state index in [4.69, 9.17) is 4.52 Å². The number of nitrogens with zero attached hydrogens (tertiary/aromatic N) is 3. The lowest BCUT2D eigenvalue weighted by Gasteiger charge is -2.36. The van der Waals surface area contributed by atoms with Crippen LogP contribution in [-0.2, 0) is 17.9 Å². The van der Waals surface area contributed by atoms with Gasteiger partial charge in [-0.15, -0.1) is 0 Å². The van der Waals surface area contributed by atoms with Gasteiger partial charge in [-0.1, -0.05) is 17.3 Å². The molecule has 5 rings (SSSR count). The average Bonchev–Trinajstić information content (AvgIpc) is 2.76. The molecule has 0 radical (unpaired) electrons. The van der Waals surface area contributed by atoms with Crippen molar-refractivity contribution in [1.29, 1.82) is 0 Å². The Morgan fingerprint density at radius 2 is 2.08 bits per heavy atom. The number of aromatic nitrogens is 1. The van der Waals surface area contributed by atoms with E-state index in [1.165, 1.54) is 6.07 Å². The quantitative estimate of drug-likeness (QED) is 0.844. The molecule has 1 aromatic carbocycles. The molecular weight excluding hydrogens is 333 g/mol. The Balaban J connectivity index is 1.53. The summed E-state index contributed by atoms with van der Waals surface area (Å²) in [4.78, 5) is 17.3. The summed E-state index contributed by atoms with van der Waals surface area (Å²) in [7, 11) is 0. The van der Waals surface area contributed by atoms with Crippen molar-refractivity contribution in [1.82, 2.24) is 15.0 Å². The van der Waals surface area contributed by atoms with Gasteiger partial charge in [0.25, 0.3) is 0 Å². The van der Waals surface area contributed by atoms with Crippen molar-refractivity contribution in [2.45, 2.75) is 45.8 Å². The number of halogens is 1. The number of fused-ring (bicyclic) bond motifs is 4. The maximum Gasteiger partial charge on any atom is 0.227 e. The molecule has 2 bridgehead atoms. The monoisotopic (exact) mass is 357 g/mol. The van der Waals surface area contributed by atoms with Crippen molar-refractivity contribution in [2.75, 3.05) is 13.1 Å². The Morgan fingerprint density at radius 1 is 1.23 bits per heavy atom. The van der Waals surface area contributed by atoms with Gasteiger partial charge >= 0.3 is 0 Å². The summed E-state index contributed by atoms with van der Waals surface area (Å²) >= 11 is 0. The second kappa shape index (κ2) is 6.83. The van der Waals surface area contributed by atoms with Crippen molar-refractivity contribution in [3.63, 3.8) is 0 Å². The van der Waals surface area contributed by atoms with Gasteiger partial charge in [-0.2, -0.15) is 0 Å². The Bertz CT molecular complexity index is 800. The number of hydrogen-bond acceptors (Lipinski definition) is 4. The number of rotatable bonds is 4. The number of carbonyl (C=O) groups is 1. The van der Waals surface area contributed by atoms with E-state index in [1.807, 2.05) is 24.8 Å². The van der Waals surface area contributed by atoms with Gasteiger partial charge in [0, 0.05) is 31.2 Å². The first-order valence-electron chi connectivity index (χ1n) is 9.20. The van der Waals surface area contributed by atoms with Crippen LogP contribution in [0.25, 0.3) is 0 Å². The first-order chi connectivity index (χ1) is 12.5. The highest BCUT2D eigenvalue weighted by atomic mass is 19.1. The number of carbonyl (C=O) groups excluding carboxylic acids is 1. The highest BCUT2D eigenvalue weighted by molar-refractivity contribution is 5.80. The molecule has 2 atom stereocenters. The van der Waals surface area contributed by atoms with Gasteiger partial charge in [0.15, 0.2) is 0 Å². The molecule has 0 saturated carbocycles. The molecule has 0 aliphatic carbocycles. The number of aryl methyl sites for hydroxylation is 2. The number of amides is 1. The molecule has 3 aliphatic rings. The van der Waals surface area contributed by atoms with E-state index in [2.05, 4.69) is 10.1 Å². The van der Waals surface area contributed by atoms with E-state index in [1.54, 1.807) is 12.1 Å². The zero-order chi connectivity index (χ0) is 18.3. The molecule has 0 unspecified atom stereocenters. The van der Waals surface area contributed by atoms with Crippen molar-refractivity contribution in [2.24, 2.45) is 5.92 Å². The highest BCUT2D eigenvalue weighted by Gasteiger charge is 2.41. The lowest BCUT2D eigenvalue weighted by atomic mass is 9.93. The Morgan fingerprint density at radius 3 is 2.81 bits per heavy atom. The van der Waals surface area contributed by atoms with Crippen molar-refractivity contribution < 1.29 is 13.7 Å². The normalized spacial score (nSPS) is 23.5. The SMILES string of the molecule is Cc1noc(C)c1CN1C(=O)[C@@H]2CC[C@H]1CN(Cc1cccc(F)c1)C2. The molecule has 138 valence electrons. The minimum atomic E-state index is -0.212. The van der Waals surface area contributed by atoms with E-state index in [-0.39, 0.29) is 23.7 Å². The third kappa shape index (κ3) is 3.26. The van der Waals surface area contributed by atoms with E-state index >= 15 is 0 Å². The molecule has 3 fully saturated rings. The molecule has 6 heteroatoms. The van der Waals surface area contributed by atoms with Gasteiger partial charge in [0.1, 0.15) is 11.6 Å². The lowest BCUT2D eigenvalue weighted by Crippen LogP contribution is -2.47. The zero-order valence-electron chi connectivity index (χ0n) is 15.2. The fourth-order valence-electron chi connectivity index (χ4n) is 4.26. The Hall–Kier alpha value is -2.21. The highest BCUT2D eigenvalue weighted by Crippen LogP contribution is 2.32. The van der Waals surface area contributed by atoms with Crippen LogP contribution in [0.3, 0.4) is 0 Å². The van der Waals surface area contributed by atoms with Crippen LogP contribution in [0, 0.1) is 25.6 Å². The summed E-state index contributed by atoms with van der Waals surface area (Å²) in [6.45, 7) is 6.62. The van der Waals surface area contributed by atoms with Gasteiger partial charge < -0.3 is 9.42 Å². The minimum absolute atomic E-state index is 0.0165. The van der Waals surface area contributed by atoms with Crippen LogP contribution in [0.4, 0.5) is 4.39 Å². The predicted octanol–water partition coefficient (Wildman–Crippen LogP) is 3.05. The molecule has 0 N–H and O–H groups in total. The summed E-state index contributed by atoms with van der Waals surface area (Å²) in [5.41, 5.74) is 2.82. The minimum Gasteiger partial charge on any atom is -0.361 e. The second-order valence-electron chi connectivity index (χ2n) is 7.52. The summed E-state index contributed by atoms with van der Waals surface area (Å²) in [6.07, 6.45) is 1.95. The van der Waals surface area contributed by atoms with Crippen LogP contribution >= 0.6 is 0 Å². The number of hydrogen-bond donors (Lipinski definition) is 0. The fraction of sp³-hybridized carbons (Fsp3) is 0.500. The van der Waals surface area contributed by atoms with Gasteiger partial charge in [-0.3, -0.25) is 9.69 Å². The van der Waals surface area contributed by atoms with E-state index in [0.717, 1.165) is 48.5 Å². The van der Waals surface area contributed by atoms with Gasteiger partial charge in [0.05, 0.1) is 18.2 Å². The van der Waals surface area contributed by atoms with Crippen LogP contribution in [0.1, 0.15) is 35.4 Å². The maximum atomic E-state index is 13.5. The van der Waals surface area contributed by atoms with Crippen molar-refractivity contribution in [3.05, 3.63) is 52.7 Å². The summed E-state index contributed by atoms with van der Waals surface area (Å²) in [5, 5.41) is 4.01. The van der Waals surface area contributed by atoms with Crippen LogP contribution in [0.5, 0.6) is 0 Å². The summed E-state index contributed by atoms with van der Waals surface area (Å²) in [5.74, 6) is 0.814. The smallest absolute Gasteiger partial charge is 0.227 e. The molecular formula is C20H24FN3O2. The summed E-state index contributed by atoms with van der Waals surface area (Å²) in [6, 6.07) is 6.91. The van der Waals surface area contributed by atoms with Crippen molar-refractivity contribution in [3.8, 4) is 0 Å². The van der Waals surface area contributed by atoms with Crippen LogP contribution in [0.15, 0.2) is 28.8 Å². The van der Waals surface area contributed by atoms with Gasteiger partial charge in [0.2, 0.25) is 5.91 Å². The van der Waals surface area contributed by atoms with E-state index in [9.17, 15) is 9.18 Å². The zero-order valence-corrected chi connectivity index (χ0v) is 15.2. The molecule has 3 aliphatic heterocycles. The lowest BCUT2D eigenvalue weighted by molar-refractivity contribution is -0.140. The molecule has 2 aromatic rings. The standard InChI is InChI=1S/C20H24FN3O2/c1-13-19(14(2)26-22-13)12-24-18-7-6-16(20(24)25)10-23(11-18)9-15-4-3-5-17(21)8-15/h3-5,8,16,18H,6-7,9-12H2,1-2H3/t16-,18+/m1/s1. The number of benzene rings is 1. The first kappa shape index (κ1) is 17.2. The van der Waals surface area contributed by atoms with Crippen LogP contribution < -0.4 is 0 Å². The largest absolute Gasteiger partial charge is 0.361 e. The van der Waals surface area contributed by atoms with Gasteiger partial charge in [-0.25, -0.2) is 4.39 Å². The maximum absolute atomic E-state index is 13.5. The van der Waals surface area contributed by atoms with Crippen molar-refractivity contribution >= 4 is 5.91 Å². The first-order valence-corrected chi connectivity index (χ1v) is 9.20. The van der Waals surface area contributed by atoms with Crippen LogP contribution in [0.2, 0.25) is 0 Å².